The standard InChI is InChI=1S/C16H38NSi/c1-4-5-6-7-8-9-10-11-12-13-14-15-17(2,3)16-18/h4-16H2,1-3,18H3/q+1. The first-order chi connectivity index (χ1) is 8.62. The summed E-state index contributed by atoms with van der Waals surface area (Å²) in [6, 6.07) is 0. The maximum absolute atomic E-state index is 2.38. The Morgan fingerprint density at radius 1 is 0.667 bits per heavy atom. The molecule has 0 heterocycles. The van der Waals surface area contributed by atoms with Crippen molar-refractivity contribution < 1.29 is 4.48 Å². The molecule has 0 amide bonds. The molecule has 0 aliphatic heterocycles. The molecule has 0 rings (SSSR count). The van der Waals surface area contributed by atoms with Crippen LogP contribution >= 0.6 is 0 Å². The Morgan fingerprint density at radius 3 is 1.44 bits per heavy atom. The summed E-state index contributed by atoms with van der Waals surface area (Å²) in [5, 5.41) is 0. The minimum atomic E-state index is 1.25. The van der Waals surface area contributed by atoms with Crippen LogP contribution in [0.3, 0.4) is 0 Å². The third-order valence-corrected chi connectivity index (χ3v) is 5.94. The number of nitrogens with zero attached hydrogens (tertiary/aromatic N) is 1. The molecule has 2 heteroatoms. The summed E-state index contributed by atoms with van der Waals surface area (Å²) in [5.41, 5.74) is 0. The monoisotopic (exact) mass is 272 g/mol. The van der Waals surface area contributed by atoms with E-state index in [1.807, 2.05) is 0 Å². The highest BCUT2D eigenvalue weighted by Gasteiger charge is 2.09. The van der Waals surface area contributed by atoms with Crippen molar-refractivity contribution in [2.24, 2.45) is 0 Å². The van der Waals surface area contributed by atoms with Crippen LogP contribution in [0.25, 0.3) is 0 Å². The maximum atomic E-state index is 2.38. The van der Waals surface area contributed by atoms with Crippen molar-refractivity contribution in [3.63, 3.8) is 0 Å². The van der Waals surface area contributed by atoms with Gasteiger partial charge >= 0.3 is 0 Å². The highest BCUT2D eigenvalue weighted by molar-refractivity contribution is 6.08. The molecule has 0 saturated carbocycles. The number of hydrogen-bond donors (Lipinski definition) is 0. The molecule has 110 valence electrons. The molecule has 0 aliphatic carbocycles. The summed E-state index contributed by atoms with van der Waals surface area (Å²) in [5.74, 6) is 0. The van der Waals surface area contributed by atoms with Gasteiger partial charge in [0.15, 0.2) is 0 Å². The van der Waals surface area contributed by atoms with Gasteiger partial charge in [-0.15, -0.1) is 0 Å². The van der Waals surface area contributed by atoms with Crippen LogP contribution < -0.4 is 0 Å². The lowest BCUT2D eigenvalue weighted by molar-refractivity contribution is -0.879. The molecule has 18 heavy (non-hydrogen) atoms. The van der Waals surface area contributed by atoms with Crippen LogP contribution in [0.4, 0.5) is 0 Å². The second kappa shape index (κ2) is 12.2. The fraction of sp³-hybridized carbons (Fsp3) is 1.00. The fourth-order valence-corrected chi connectivity index (χ4v) is 2.68. The average molecular weight is 273 g/mol. The Labute approximate surface area is 119 Å². The topological polar surface area (TPSA) is 0 Å². The van der Waals surface area contributed by atoms with Crippen molar-refractivity contribution >= 4 is 10.2 Å². The number of rotatable bonds is 13. The second-order valence-corrected chi connectivity index (χ2v) is 7.14. The minimum Gasteiger partial charge on any atom is -0.333 e. The van der Waals surface area contributed by atoms with Gasteiger partial charge in [0.25, 0.3) is 0 Å². The lowest BCUT2D eigenvalue weighted by Crippen LogP contribution is -2.41. The molecule has 0 aromatic rings. The lowest BCUT2D eigenvalue weighted by atomic mass is 10.1. The molecule has 0 radical (unpaired) electrons. The van der Waals surface area contributed by atoms with Crippen molar-refractivity contribution in [3.8, 4) is 0 Å². The van der Waals surface area contributed by atoms with E-state index in [1.54, 1.807) is 0 Å². The van der Waals surface area contributed by atoms with Crippen molar-refractivity contribution in [2.45, 2.75) is 77.6 Å². The Balaban J connectivity index is 3.08. The third-order valence-electron chi connectivity index (χ3n) is 4.22. The van der Waals surface area contributed by atoms with E-state index in [9.17, 15) is 0 Å². The van der Waals surface area contributed by atoms with Gasteiger partial charge in [-0.05, 0) is 12.8 Å². The van der Waals surface area contributed by atoms with E-state index in [2.05, 4.69) is 21.0 Å². The molecule has 0 N–H and O–H groups in total. The average Bonchev–Trinajstić information content (AvgIpc) is 2.36. The second-order valence-electron chi connectivity index (χ2n) is 6.51. The van der Waals surface area contributed by atoms with Crippen LogP contribution in [0.15, 0.2) is 0 Å². The maximum Gasteiger partial charge on any atom is 0.0779 e. The quantitative estimate of drug-likeness (QED) is 0.272. The molecular weight excluding hydrogens is 234 g/mol. The van der Waals surface area contributed by atoms with Gasteiger partial charge in [0.05, 0.1) is 37.1 Å². The van der Waals surface area contributed by atoms with E-state index >= 15 is 0 Å². The fourth-order valence-electron chi connectivity index (χ4n) is 2.36. The van der Waals surface area contributed by atoms with Crippen LogP contribution in [0.5, 0.6) is 0 Å². The molecule has 0 aromatic carbocycles. The van der Waals surface area contributed by atoms with Gasteiger partial charge in [0.2, 0.25) is 0 Å². The Kier molecular flexibility index (Phi) is 12.3. The summed E-state index contributed by atoms with van der Waals surface area (Å²) in [6.07, 6.45) is 17.4. The zero-order valence-corrected chi connectivity index (χ0v) is 15.6. The van der Waals surface area contributed by atoms with Gasteiger partial charge in [-0.2, -0.15) is 0 Å². The number of hydrogen-bond acceptors (Lipinski definition) is 0. The van der Waals surface area contributed by atoms with Crippen LogP contribution in [0.2, 0.25) is 0 Å². The van der Waals surface area contributed by atoms with E-state index in [1.165, 1.54) is 98.1 Å². The summed E-state index contributed by atoms with van der Waals surface area (Å²) in [6.45, 7) is 3.68. The van der Waals surface area contributed by atoms with Gasteiger partial charge in [0, 0.05) is 0 Å². The van der Waals surface area contributed by atoms with E-state index in [0.717, 1.165) is 0 Å². The van der Waals surface area contributed by atoms with E-state index < -0.39 is 0 Å². The van der Waals surface area contributed by atoms with Crippen LogP contribution in [-0.2, 0) is 0 Å². The van der Waals surface area contributed by atoms with Crippen molar-refractivity contribution in [2.75, 3.05) is 26.8 Å². The molecular formula is C16H38NSi+. The molecule has 0 fully saturated rings. The molecule has 0 aliphatic rings. The summed E-state index contributed by atoms with van der Waals surface area (Å²) in [4.78, 5) is 0. The first-order valence-electron chi connectivity index (χ1n) is 8.44. The summed E-state index contributed by atoms with van der Waals surface area (Å²) in [7, 11) is 6.10. The van der Waals surface area contributed by atoms with Gasteiger partial charge in [0.1, 0.15) is 0 Å². The normalized spacial score (nSPS) is 12.2. The molecule has 0 atom stereocenters. The molecule has 1 nitrogen and oxygen atoms in total. The van der Waals surface area contributed by atoms with Gasteiger partial charge in [-0.3, -0.25) is 0 Å². The van der Waals surface area contributed by atoms with E-state index in [-0.39, 0.29) is 0 Å². The number of unbranched alkanes of at least 4 members (excludes halogenated alkanes) is 10. The summed E-state index contributed by atoms with van der Waals surface area (Å²) < 4.78 is 1.25. The Hall–Kier alpha value is 0.177. The first-order valence-corrected chi connectivity index (χ1v) is 9.86. The van der Waals surface area contributed by atoms with Crippen molar-refractivity contribution in [1.82, 2.24) is 0 Å². The molecule has 0 aromatic heterocycles. The zero-order valence-electron chi connectivity index (χ0n) is 13.6. The van der Waals surface area contributed by atoms with Crippen LogP contribution in [-0.4, -0.2) is 41.5 Å². The van der Waals surface area contributed by atoms with Crippen molar-refractivity contribution in [1.29, 1.82) is 0 Å². The SMILES string of the molecule is CCCCCCCCCCCCC[N+](C)(C)C[SiH3]. The molecule has 0 bridgehead atoms. The van der Waals surface area contributed by atoms with Crippen LogP contribution in [0.1, 0.15) is 77.6 Å². The van der Waals surface area contributed by atoms with Gasteiger partial charge in [-0.25, -0.2) is 0 Å². The number of quaternary nitrogens is 1. The van der Waals surface area contributed by atoms with Crippen LogP contribution in [0, 0.1) is 0 Å². The predicted octanol–water partition coefficient (Wildman–Crippen LogP) is 3.70. The van der Waals surface area contributed by atoms with E-state index in [4.69, 9.17) is 0 Å². The highest BCUT2D eigenvalue weighted by Crippen LogP contribution is 2.11. The molecule has 0 unspecified atom stereocenters. The Bertz CT molecular complexity index is 168. The lowest BCUT2D eigenvalue weighted by Gasteiger charge is -2.28. The smallest absolute Gasteiger partial charge is 0.0779 e. The first kappa shape index (κ1) is 18.2. The molecule has 0 saturated heterocycles. The zero-order chi connectivity index (χ0) is 13.7. The van der Waals surface area contributed by atoms with Crippen molar-refractivity contribution in [3.05, 3.63) is 0 Å². The molecule has 0 spiro atoms. The summed E-state index contributed by atoms with van der Waals surface area (Å²) >= 11 is 0. The highest BCUT2D eigenvalue weighted by atomic mass is 28.1. The largest absolute Gasteiger partial charge is 0.333 e. The van der Waals surface area contributed by atoms with E-state index in [0.29, 0.717) is 0 Å². The third kappa shape index (κ3) is 12.6. The predicted molar refractivity (Wildman–Crippen MR) is 88.2 cm³/mol. The Morgan fingerprint density at radius 2 is 1.06 bits per heavy atom. The minimum absolute atomic E-state index is 1.25. The van der Waals surface area contributed by atoms with Gasteiger partial charge < -0.3 is 4.48 Å². The van der Waals surface area contributed by atoms with Gasteiger partial charge in [-0.1, -0.05) is 64.7 Å².